The van der Waals surface area contributed by atoms with E-state index in [0.717, 1.165) is 12.1 Å². The molecule has 2 aliphatic rings. The molecule has 2 aromatic rings. The van der Waals surface area contributed by atoms with Crippen LogP contribution in [0.5, 0.6) is 0 Å². The van der Waals surface area contributed by atoms with Crippen LogP contribution in [0, 0.1) is 25.2 Å². The number of halogens is 3. The zero-order chi connectivity index (χ0) is 23.1. The van der Waals surface area contributed by atoms with Gasteiger partial charge in [-0.1, -0.05) is 6.07 Å². The highest BCUT2D eigenvalue weighted by Gasteiger charge is 2.45. The zero-order valence-electron chi connectivity index (χ0n) is 17.7. The summed E-state index contributed by atoms with van der Waals surface area (Å²) in [7, 11) is 0. The van der Waals surface area contributed by atoms with Gasteiger partial charge >= 0.3 is 6.18 Å². The Kier molecular flexibility index (Phi) is 5.61. The van der Waals surface area contributed by atoms with Crippen molar-refractivity contribution in [2.45, 2.75) is 32.2 Å². The highest BCUT2D eigenvalue weighted by Crippen LogP contribution is 2.33. The Morgan fingerprint density at radius 2 is 1.94 bits per heavy atom. The first-order valence-corrected chi connectivity index (χ1v) is 10.2. The van der Waals surface area contributed by atoms with Crippen LogP contribution < -0.4 is 0 Å². The first kappa shape index (κ1) is 22.1. The summed E-state index contributed by atoms with van der Waals surface area (Å²) in [4.78, 5) is 14.5. The Bertz CT molecular complexity index is 1120. The molecular weight excluding hydrogens is 423 g/mol. The fraction of sp³-hybridized carbons (Fsp3) is 0.391. The molecule has 2 fully saturated rings. The van der Waals surface area contributed by atoms with Gasteiger partial charge < -0.3 is 18.9 Å². The molecule has 1 amide bonds. The summed E-state index contributed by atoms with van der Waals surface area (Å²) in [6.45, 7) is 5.13. The third-order valence-corrected chi connectivity index (χ3v) is 5.85. The van der Waals surface area contributed by atoms with Gasteiger partial charge in [-0.05, 0) is 49.8 Å². The van der Waals surface area contributed by atoms with Gasteiger partial charge in [-0.15, -0.1) is 0 Å². The number of carbonyl (C=O) groups is 1. The van der Waals surface area contributed by atoms with Crippen LogP contribution >= 0.6 is 0 Å². The molecule has 168 valence electrons. The number of rotatable bonds is 3. The lowest BCUT2D eigenvalue weighted by atomic mass is 10.1. The lowest BCUT2D eigenvalue weighted by Gasteiger charge is -2.22. The second-order valence-electron chi connectivity index (χ2n) is 7.96. The van der Waals surface area contributed by atoms with Crippen LogP contribution in [0.4, 0.5) is 13.2 Å². The zero-order valence-corrected chi connectivity index (χ0v) is 17.7. The Balaban J connectivity index is 1.63. The maximum absolute atomic E-state index is 13.1. The number of hydrogen-bond acceptors (Lipinski definition) is 4. The normalized spacial score (nSPS) is 18.4. The predicted molar refractivity (Wildman–Crippen MR) is 110 cm³/mol. The number of carbonyl (C=O) groups excluding carboxylic acids is 1. The van der Waals surface area contributed by atoms with Crippen LogP contribution in [0.1, 0.15) is 28.9 Å². The van der Waals surface area contributed by atoms with Crippen molar-refractivity contribution >= 4 is 12.0 Å². The fourth-order valence-corrected chi connectivity index (χ4v) is 4.28. The van der Waals surface area contributed by atoms with E-state index in [4.69, 9.17) is 9.47 Å². The minimum Gasteiger partial charge on any atom is -0.346 e. The summed E-state index contributed by atoms with van der Waals surface area (Å²) < 4.78 is 52.4. The van der Waals surface area contributed by atoms with E-state index >= 15 is 0 Å². The van der Waals surface area contributed by atoms with Crippen molar-refractivity contribution in [2.75, 3.05) is 26.3 Å². The third-order valence-electron chi connectivity index (χ3n) is 5.85. The first-order valence-electron chi connectivity index (χ1n) is 10.2. The Hall–Kier alpha value is -3.09. The van der Waals surface area contributed by atoms with Gasteiger partial charge in [-0.25, -0.2) is 0 Å². The summed E-state index contributed by atoms with van der Waals surface area (Å²) in [5.74, 6) is -1.21. The number of nitrogens with zero attached hydrogens (tertiary/aromatic N) is 3. The molecule has 0 N–H and O–H groups in total. The molecule has 0 saturated carbocycles. The summed E-state index contributed by atoms with van der Waals surface area (Å²) in [5, 5.41) is 9.62. The van der Waals surface area contributed by atoms with Gasteiger partial charge in [0.1, 0.15) is 11.6 Å². The Morgan fingerprint density at radius 1 is 1.22 bits per heavy atom. The second kappa shape index (κ2) is 8.11. The molecule has 6 nitrogen and oxygen atoms in total. The summed E-state index contributed by atoms with van der Waals surface area (Å²) in [6, 6.07) is 8.75. The molecular formula is C23H22F3N3O3. The number of nitriles is 1. The lowest BCUT2D eigenvalue weighted by Crippen LogP contribution is -2.37. The standard InChI is InChI=1S/C23H22F3N3O3/c1-15-10-17(16(2)29(15)20-5-3-4-19(12-20)23(24,25)26)11-18(13-27)21(30)28-7-6-22(14-28)31-8-9-32-22/h3-5,10-12H,6-9,14H2,1-2H3. The third kappa shape index (κ3) is 4.04. The number of likely N-dealkylation sites (tertiary alicyclic amines) is 1. The van der Waals surface area contributed by atoms with Gasteiger partial charge in [-0.2, -0.15) is 18.4 Å². The van der Waals surface area contributed by atoms with E-state index in [-0.39, 0.29) is 12.1 Å². The van der Waals surface area contributed by atoms with Crippen molar-refractivity contribution in [3.05, 3.63) is 58.4 Å². The predicted octanol–water partition coefficient (Wildman–Crippen LogP) is 4.00. The molecule has 2 aliphatic heterocycles. The Labute approximate surface area is 183 Å². The number of hydrogen-bond donors (Lipinski definition) is 0. The minimum atomic E-state index is -4.45. The minimum absolute atomic E-state index is 0.0515. The maximum atomic E-state index is 13.1. The van der Waals surface area contributed by atoms with E-state index < -0.39 is 23.4 Å². The van der Waals surface area contributed by atoms with Crippen LogP contribution in [0.15, 0.2) is 35.9 Å². The summed E-state index contributed by atoms with van der Waals surface area (Å²) >= 11 is 0. The molecule has 0 unspecified atom stereocenters. The molecule has 4 rings (SSSR count). The van der Waals surface area contributed by atoms with Crippen LogP contribution in [0.2, 0.25) is 0 Å². The second-order valence-corrected chi connectivity index (χ2v) is 7.96. The van der Waals surface area contributed by atoms with Crippen molar-refractivity contribution in [1.29, 1.82) is 5.26 Å². The SMILES string of the molecule is Cc1cc(C=C(C#N)C(=O)N2CCC3(C2)OCCO3)c(C)n1-c1cccc(C(F)(F)F)c1. The largest absolute Gasteiger partial charge is 0.416 e. The average molecular weight is 445 g/mol. The van der Waals surface area contributed by atoms with Crippen molar-refractivity contribution in [2.24, 2.45) is 0 Å². The van der Waals surface area contributed by atoms with E-state index in [9.17, 15) is 23.2 Å². The van der Waals surface area contributed by atoms with Gasteiger partial charge in [0.15, 0.2) is 5.79 Å². The highest BCUT2D eigenvalue weighted by atomic mass is 19.4. The van der Waals surface area contributed by atoms with E-state index in [1.807, 2.05) is 6.07 Å². The molecule has 1 aromatic carbocycles. The summed E-state index contributed by atoms with van der Waals surface area (Å²) in [5.41, 5.74) is 1.47. The van der Waals surface area contributed by atoms with Crippen LogP contribution in [0.25, 0.3) is 11.8 Å². The van der Waals surface area contributed by atoms with Crippen LogP contribution in [-0.2, 0) is 20.4 Å². The molecule has 32 heavy (non-hydrogen) atoms. The molecule has 0 aliphatic carbocycles. The van der Waals surface area contributed by atoms with Gasteiger partial charge in [0.05, 0.1) is 25.3 Å². The van der Waals surface area contributed by atoms with Crippen molar-refractivity contribution in [3.63, 3.8) is 0 Å². The number of benzene rings is 1. The first-order chi connectivity index (χ1) is 15.1. The fourth-order valence-electron chi connectivity index (χ4n) is 4.28. The van der Waals surface area contributed by atoms with Crippen molar-refractivity contribution in [1.82, 2.24) is 9.47 Å². The summed E-state index contributed by atoms with van der Waals surface area (Å²) in [6.07, 6.45) is -2.43. The maximum Gasteiger partial charge on any atom is 0.416 e. The number of amides is 1. The topological polar surface area (TPSA) is 67.5 Å². The molecule has 0 bridgehead atoms. The number of aryl methyl sites for hydroxylation is 1. The molecule has 0 atom stereocenters. The molecule has 1 aromatic heterocycles. The van der Waals surface area contributed by atoms with Crippen LogP contribution in [-0.4, -0.2) is 47.5 Å². The molecule has 1 spiro atoms. The van der Waals surface area contributed by atoms with E-state index in [0.29, 0.717) is 48.8 Å². The van der Waals surface area contributed by atoms with E-state index in [1.54, 1.807) is 30.5 Å². The molecule has 3 heterocycles. The quantitative estimate of drug-likeness (QED) is 0.529. The van der Waals surface area contributed by atoms with Crippen molar-refractivity contribution < 1.29 is 27.4 Å². The number of ether oxygens (including phenoxy) is 2. The number of aromatic nitrogens is 1. The molecule has 2 saturated heterocycles. The average Bonchev–Trinajstić information content (AvgIpc) is 3.46. The monoisotopic (exact) mass is 445 g/mol. The smallest absolute Gasteiger partial charge is 0.346 e. The van der Waals surface area contributed by atoms with Gasteiger partial charge in [-0.3, -0.25) is 4.79 Å². The van der Waals surface area contributed by atoms with Gasteiger partial charge in [0.25, 0.3) is 5.91 Å². The van der Waals surface area contributed by atoms with Gasteiger partial charge in [0, 0.05) is 30.0 Å². The molecule has 9 heteroatoms. The van der Waals surface area contributed by atoms with E-state index in [1.165, 1.54) is 17.0 Å². The van der Waals surface area contributed by atoms with Gasteiger partial charge in [0.2, 0.25) is 0 Å². The van der Waals surface area contributed by atoms with E-state index in [2.05, 4.69) is 0 Å². The molecule has 0 radical (unpaired) electrons. The number of alkyl halides is 3. The lowest BCUT2D eigenvalue weighted by molar-refractivity contribution is -0.150. The van der Waals surface area contributed by atoms with Crippen molar-refractivity contribution in [3.8, 4) is 11.8 Å². The van der Waals surface area contributed by atoms with Crippen LogP contribution in [0.3, 0.4) is 0 Å². The Morgan fingerprint density at radius 3 is 2.59 bits per heavy atom. The highest BCUT2D eigenvalue weighted by molar-refractivity contribution is 6.02.